The van der Waals surface area contributed by atoms with Crippen molar-refractivity contribution < 1.29 is 0 Å². The second-order valence-electron chi connectivity index (χ2n) is 4.44. The largest absolute Gasteiger partial charge is 0.302 e. The van der Waals surface area contributed by atoms with E-state index in [2.05, 4.69) is 21.8 Å². The molecule has 2 aliphatic heterocycles. The maximum atomic E-state index is 4.49. The average molecular weight is 189 g/mol. The minimum absolute atomic E-state index is 0.650. The van der Waals surface area contributed by atoms with E-state index in [1.807, 2.05) is 6.20 Å². The number of rotatable bonds is 1. The molecule has 3 heterocycles. The zero-order chi connectivity index (χ0) is 9.54. The zero-order valence-corrected chi connectivity index (χ0v) is 8.48. The van der Waals surface area contributed by atoms with Crippen LogP contribution in [0.5, 0.6) is 0 Å². The van der Waals surface area contributed by atoms with Crippen LogP contribution in [0, 0.1) is 12.8 Å². The average Bonchev–Trinajstić information content (AvgIpc) is 2.79. The van der Waals surface area contributed by atoms with E-state index in [4.69, 9.17) is 0 Å². The van der Waals surface area contributed by atoms with E-state index in [1.165, 1.54) is 31.7 Å². The van der Waals surface area contributed by atoms with Gasteiger partial charge in [0, 0.05) is 31.4 Å². The van der Waals surface area contributed by atoms with Crippen LogP contribution in [0.25, 0.3) is 0 Å². The topological polar surface area (TPSA) is 29.0 Å². The molecule has 0 N–H and O–H groups in total. The van der Waals surface area contributed by atoms with Gasteiger partial charge in [-0.25, -0.2) is 0 Å². The SMILES string of the molecule is Cc1nccnc1[C@@H]1CN2CC[C@@H]1C2. The van der Waals surface area contributed by atoms with Gasteiger partial charge in [-0.3, -0.25) is 9.97 Å². The minimum atomic E-state index is 0.650. The Bertz CT molecular complexity index is 350. The van der Waals surface area contributed by atoms with Gasteiger partial charge in [-0.1, -0.05) is 0 Å². The summed E-state index contributed by atoms with van der Waals surface area (Å²) in [7, 11) is 0. The highest BCUT2D eigenvalue weighted by Crippen LogP contribution is 2.39. The van der Waals surface area contributed by atoms with E-state index in [1.54, 1.807) is 6.20 Å². The van der Waals surface area contributed by atoms with Crippen LogP contribution in [-0.2, 0) is 0 Å². The number of piperidine rings is 1. The first-order valence-corrected chi connectivity index (χ1v) is 5.34. The molecule has 1 aromatic rings. The first kappa shape index (κ1) is 8.36. The van der Waals surface area contributed by atoms with E-state index in [9.17, 15) is 0 Å². The Kier molecular flexibility index (Phi) is 1.80. The normalized spacial score (nSPS) is 35.1. The highest BCUT2D eigenvalue weighted by molar-refractivity contribution is 5.19. The standard InChI is InChI=1S/C11H15N3/c1-8-11(13-4-3-12-8)10-7-14-5-2-9(10)6-14/h3-4,9-10H,2,5-7H2,1H3/t9-,10-/m1/s1. The maximum absolute atomic E-state index is 4.49. The van der Waals surface area contributed by atoms with E-state index in [0.29, 0.717) is 5.92 Å². The fourth-order valence-electron chi connectivity index (χ4n) is 2.88. The highest BCUT2D eigenvalue weighted by Gasteiger charge is 2.39. The molecule has 14 heavy (non-hydrogen) atoms. The Morgan fingerprint density at radius 2 is 2.14 bits per heavy atom. The van der Waals surface area contributed by atoms with Gasteiger partial charge in [0.15, 0.2) is 0 Å². The zero-order valence-electron chi connectivity index (χ0n) is 8.48. The number of hydrogen-bond donors (Lipinski definition) is 0. The summed E-state index contributed by atoms with van der Waals surface area (Å²) in [4.78, 5) is 11.4. The molecular formula is C11H15N3. The predicted molar refractivity (Wildman–Crippen MR) is 54.1 cm³/mol. The molecule has 3 heteroatoms. The van der Waals surface area contributed by atoms with Crippen LogP contribution in [0.2, 0.25) is 0 Å². The van der Waals surface area contributed by atoms with Gasteiger partial charge in [0.1, 0.15) is 0 Å². The molecular weight excluding hydrogens is 174 g/mol. The molecule has 74 valence electrons. The summed E-state index contributed by atoms with van der Waals surface area (Å²) >= 11 is 0. The van der Waals surface area contributed by atoms with E-state index in [0.717, 1.165) is 11.6 Å². The van der Waals surface area contributed by atoms with E-state index >= 15 is 0 Å². The summed E-state index contributed by atoms with van der Waals surface area (Å²) in [6.45, 7) is 5.84. The smallest absolute Gasteiger partial charge is 0.0662 e. The van der Waals surface area contributed by atoms with E-state index in [-0.39, 0.29) is 0 Å². The molecule has 3 atom stereocenters. The number of aromatic nitrogens is 2. The monoisotopic (exact) mass is 189 g/mol. The van der Waals surface area contributed by atoms with Crippen LogP contribution in [0.4, 0.5) is 0 Å². The van der Waals surface area contributed by atoms with Gasteiger partial charge >= 0.3 is 0 Å². The lowest BCUT2D eigenvalue weighted by molar-refractivity contribution is 0.343. The van der Waals surface area contributed by atoms with Crippen molar-refractivity contribution in [3.63, 3.8) is 0 Å². The molecule has 2 aliphatic rings. The molecule has 2 fully saturated rings. The van der Waals surface area contributed by atoms with Crippen LogP contribution in [-0.4, -0.2) is 34.5 Å². The van der Waals surface area contributed by atoms with Crippen molar-refractivity contribution in [3.8, 4) is 0 Å². The molecule has 1 unspecified atom stereocenters. The van der Waals surface area contributed by atoms with Crippen LogP contribution in [0.15, 0.2) is 12.4 Å². The van der Waals surface area contributed by atoms with Crippen molar-refractivity contribution in [2.75, 3.05) is 19.6 Å². The molecule has 2 saturated heterocycles. The van der Waals surface area contributed by atoms with Crippen LogP contribution < -0.4 is 0 Å². The maximum Gasteiger partial charge on any atom is 0.0662 e. The number of fused-ring (bicyclic) bond motifs is 2. The second kappa shape index (κ2) is 3.02. The second-order valence-corrected chi connectivity index (χ2v) is 4.44. The molecule has 2 bridgehead atoms. The van der Waals surface area contributed by atoms with Crippen molar-refractivity contribution in [2.45, 2.75) is 19.3 Å². The first-order valence-electron chi connectivity index (χ1n) is 5.34. The lowest BCUT2D eigenvalue weighted by atomic mass is 9.89. The van der Waals surface area contributed by atoms with Crippen molar-refractivity contribution in [1.29, 1.82) is 0 Å². The first-order chi connectivity index (χ1) is 6.84. The third-order valence-corrected chi connectivity index (χ3v) is 3.60. The quantitative estimate of drug-likeness (QED) is 0.665. The Morgan fingerprint density at radius 3 is 2.79 bits per heavy atom. The molecule has 3 rings (SSSR count). The lowest BCUT2D eigenvalue weighted by Crippen LogP contribution is -2.23. The predicted octanol–water partition coefficient (Wildman–Crippen LogP) is 1.20. The minimum Gasteiger partial charge on any atom is -0.302 e. The van der Waals surface area contributed by atoms with Crippen molar-refractivity contribution in [1.82, 2.24) is 14.9 Å². The van der Waals surface area contributed by atoms with Gasteiger partial charge in [-0.2, -0.15) is 0 Å². The van der Waals surface area contributed by atoms with Crippen molar-refractivity contribution in [2.24, 2.45) is 5.92 Å². The van der Waals surface area contributed by atoms with Gasteiger partial charge in [-0.05, 0) is 25.8 Å². The summed E-state index contributed by atoms with van der Waals surface area (Å²) in [5.41, 5.74) is 2.35. The fourth-order valence-corrected chi connectivity index (χ4v) is 2.88. The molecule has 0 radical (unpaired) electrons. The lowest BCUT2D eigenvalue weighted by Gasteiger charge is -2.22. The van der Waals surface area contributed by atoms with Crippen LogP contribution in [0.1, 0.15) is 23.7 Å². The Balaban J connectivity index is 1.93. The van der Waals surface area contributed by atoms with Crippen molar-refractivity contribution in [3.05, 3.63) is 23.8 Å². The molecule has 1 aromatic heterocycles. The van der Waals surface area contributed by atoms with Gasteiger partial charge in [0.2, 0.25) is 0 Å². The molecule has 3 nitrogen and oxygen atoms in total. The van der Waals surface area contributed by atoms with Gasteiger partial charge in [0.25, 0.3) is 0 Å². The van der Waals surface area contributed by atoms with Gasteiger partial charge in [0.05, 0.1) is 11.4 Å². The summed E-state index contributed by atoms with van der Waals surface area (Å²) in [6, 6.07) is 0. The Morgan fingerprint density at radius 1 is 1.29 bits per heavy atom. The molecule has 0 amide bonds. The van der Waals surface area contributed by atoms with Crippen LogP contribution >= 0.6 is 0 Å². The summed E-state index contributed by atoms with van der Waals surface area (Å²) in [6.07, 6.45) is 4.96. The molecule has 0 spiro atoms. The van der Waals surface area contributed by atoms with Gasteiger partial charge in [-0.15, -0.1) is 0 Å². The van der Waals surface area contributed by atoms with E-state index < -0.39 is 0 Å². The number of nitrogens with zero attached hydrogens (tertiary/aromatic N) is 3. The number of hydrogen-bond acceptors (Lipinski definition) is 3. The highest BCUT2D eigenvalue weighted by atomic mass is 15.2. The third kappa shape index (κ3) is 1.16. The summed E-state index contributed by atoms with van der Waals surface area (Å²) in [5.74, 6) is 1.49. The van der Waals surface area contributed by atoms with Crippen molar-refractivity contribution >= 4 is 0 Å². The summed E-state index contributed by atoms with van der Waals surface area (Å²) in [5, 5.41) is 0. The number of aryl methyl sites for hydroxylation is 1. The Labute approximate surface area is 84.2 Å². The Hall–Kier alpha value is -0.960. The molecule has 0 saturated carbocycles. The molecule has 0 aromatic carbocycles. The summed E-state index contributed by atoms with van der Waals surface area (Å²) < 4.78 is 0. The fraction of sp³-hybridized carbons (Fsp3) is 0.636. The third-order valence-electron chi connectivity index (χ3n) is 3.60. The van der Waals surface area contributed by atoms with Crippen LogP contribution in [0.3, 0.4) is 0 Å². The molecule has 0 aliphatic carbocycles. The van der Waals surface area contributed by atoms with Gasteiger partial charge < -0.3 is 4.90 Å².